The van der Waals surface area contributed by atoms with Crippen molar-refractivity contribution in [2.24, 2.45) is 5.92 Å². The molecule has 174 valence electrons. The van der Waals surface area contributed by atoms with E-state index < -0.39 is 11.6 Å². The summed E-state index contributed by atoms with van der Waals surface area (Å²) in [5.41, 5.74) is 3.43. The van der Waals surface area contributed by atoms with Gasteiger partial charge in [0.1, 0.15) is 18.0 Å². The quantitative estimate of drug-likeness (QED) is 0.634. The Morgan fingerprint density at radius 3 is 2.48 bits per heavy atom. The lowest BCUT2D eigenvalue weighted by Crippen LogP contribution is -2.46. The number of rotatable bonds is 5. The van der Waals surface area contributed by atoms with Gasteiger partial charge in [0.05, 0.1) is 18.9 Å². The van der Waals surface area contributed by atoms with Crippen molar-refractivity contribution in [2.45, 2.75) is 19.9 Å². The van der Waals surface area contributed by atoms with E-state index in [4.69, 9.17) is 4.74 Å². The Labute approximate surface area is 192 Å². The van der Waals surface area contributed by atoms with E-state index in [-0.39, 0.29) is 5.69 Å². The van der Waals surface area contributed by atoms with Gasteiger partial charge in [-0.05, 0) is 48.7 Å². The highest BCUT2D eigenvalue weighted by Gasteiger charge is 2.34. The average Bonchev–Trinajstić information content (AvgIpc) is 3.40. The second-order valence-corrected chi connectivity index (χ2v) is 8.92. The summed E-state index contributed by atoms with van der Waals surface area (Å²) < 4.78 is 34.0. The van der Waals surface area contributed by atoms with Crippen molar-refractivity contribution < 1.29 is 13.5 Å². The van der Waals surface area contributed by atoms with Crippen LogP contribution in [0.3, 0.4) is 0 Å². The minimum Gasteiger partial charge on any atom is -0.379 e. The van der Waals surface area contributed by atoms with Gasteiger partial charge in [-0.25, -0.2) is 13.5 Å². The number of morpholine rings is 1. The monoisotopic (exact) mass is 454 g/mol. The average molecular weight is 455 g/mol. The Morgan fingerprint density at radius 1 is 0.970 bits per heavy atom. The van der Waals surface area contributed by atoms with Crippen molar-refractivity contribution in [3.05, 3.63) is 59.9 Å². The molecule has 3 aromatic rings. The minimum absolute atomic E-state index is 0.276. The fourth-order valence-corrected chi connectivity index (χ4v) is 4.81. The molecule has 3 heterocycles. The fourth-order valence-electron chi connectivity index (χ4n) is 4.81. The molecule has 2 fully saturated rings. The lowest BCUT2D eigenvalue weighted by Gasteiger charge is -2.34. The van der Waals surface area contributed by atoms with Gasteiger partial charge in [-0.3, -0.25) is 4.90 Å². The van der Waals surface area contributed by atoms with Crippen LogP contribution >= 0.6 is 0 Å². The number of nitrogens with one attached hydrogen (secondary N) is 1. The molecule has 0 amide bonds. The van der Waals surface area contributed by atoms with Gasteiger partial charge >= 0.3 is 0 Å². The first kappa shape index (κ1) is 21.8. The highest BCUT2D eigenvalue weighted by atomic mass is 19.1. The number of aryl methyl sites for hydroxylation is 1. The van der Waals surface area contributed by atoms with E-state index in [0.717, 1.165) is 62.4 Å². The summed E-state index contributed by atoms with van der Waals surface area (Å²) in [5, 5.41) is 7.56. The zero-order valence-corrected chi connectivity index (χ0v) is 18.8. The smallest absolute Gasteiger partial charge is 0.246 e. The molecule has 0 bridgehead atoms. The zero-order chi connectivity index (χ0) is 22.9. The predicted octanol–water partition coefficient (Wildman–Crippen LogP) is 3.75. The van der Waals surface area contributed by atoms with E-state index in [9.17, 15) is 8.78 Å². The minimum atomic E-state index is -0.659. The number of benzene rings is 2. The van der Waals surface area contributed by atoms with Gasteiger partial charge in [0.2, 0.25) is 5.95 Å². The summed E-state index contributed by atoms with van der Waals surface area (Å²) in [6, 6.07) is 10.1. The summed E-state index contributed by atoms with van der Waals surface area (Å²) in [6.07, 6.45) is 1.43. The van der Waals surface area contributed by atoms with Crippen LogP contribution in [-0.4, -0.2) is 65.1 Å². The summed E-state index contributed by atoms with van der Waals surface area (Å²) in [4.78, 5) is 9.24. The molecule has 7 nitrogen and oxygen atoms in total. The molecule has 2 saturated heterocycles. The molecule has 1 aromatic heterocycles. The molecule has 33 heavy (non-hydrogen) atoms. The second-order valence-electron chi connectivity index (χ2n) is 8.92. The molecule has 5 rings (SSSR count). The largest absolute Gasteiger partial charge is 0.379 e. The standard InChI is InChI=1S/C24H28F2N6O/c1-16-7-20(28-24-27-15-32(29-24)22-10-18(25)9-19(26)11-22)12-21(8-16)31-13-17(2)23(14-31)30-3-5-33-6-4-30/h7-12,15,17,23H,3-6,13-14H2,1-2H3,(H,28,29). The van der Waals surface area contributed by atoms with Crippen LogP contribution in [0.15, 0.2) is 42.7 Å². The Kier molecular flexibility index (Phi) is 5.99. The van der Waals surface area contributed by atoms with Crippen LogP contribution in [0.25, 0.3) is 5.69 Å². The van der Waals surface area contributed by atoms with Gasteiger partial charge in [-0.15, -0.1) is 5.10 Å². The third-order valence-electron chi connectivity index (χ3n) is 6.37. The lowest BCUT2D eigenvalue weighted by molar-refractivity contribution is 0.0134. The maximum Gasteiger partial charge on any atom is 0.246 e. The van der Waals surface area contributed by atoms with Gasteiger partial charge in [-0.1, -0.05) is 6.92 Å². The van der Waals surface area contributed by atoms with Crippen molar-refractivity contribution in [1.29, 1.82) is 0 Å². The van der Waals surface area contributed by atoms with Crippen LogP contribution in [0.1, 0.15) is 12.5 Å². The molecule has 0 saturated carbocycles. The molecular formula is C24H28F2N6O. The molecule has 1 N–H and O–H groups in total. The molecule has 0 aliphatic carbocycles. The molecule has 0 spiro atoms. The Balaban J connectivity index is 1.32. The van der Waals surface area contributed by atoms with E-state index in [0.29, 0.717) is 17.9 Å². The molecule has 2 atom stereocenters. The predicted molar refractivity (Wildman–Crippen MR) is 123 cm³/mol. The van der Waals surface area contributed by atoms with Crippen LogP contribution in [-0.2, 0) is 4.74 Å². The summed E-state index contributed by atoms with van der Waals surface area (Å²) in [7, 11) is 0. The SMILES string of the molecule is Cc1cc(Nc2ncn(-c3cc(F)cc(F)c3)n2)cc(N2CC(C)C(N3CCOCC3)C2)c1. The number of anilines is 3. The van der Waals surface area contributed by atoms with E-state index in [2.05, 4.69) is 51.2 Å². The molecular weight excluding hydrogens is 426 g/mol. The first-order chi connectivity index (χ1) is 15.9. The highest BCUT2D eigenvalue weighted by Crippen LogP contribution is 2.31. The maximum absolute atomic E-state index is 13.5. The van der Waals surface area contributed by atoms with E-state index in [1.807, 2.05) is 6.07 Å². The van der Waals surface area contributed by atoms with Gasteiger partial charge in [0.25, 0.3) is 0 Å². The number of hydrogen-bond acceptors (Lipinski definition) is 6. The number of aromatic nitrogens is 3. The molecule has 0 radical (unpaired) electrons. The summed E-state index contributed by atoms with van der Waals surface area (Å²) in [5.74, 6) is -0.386. The van der Waals surface area contributed by atoms with Crippen molar-refractivity contribution in [1.82, 2.24) is 19.7 Å². The Hall–Kier alpha value is -3.04. The normalized spacial score (nSPS) is 21.5. The first-order valence-corrected chi connectivity index (χ1v) is 11.3. The molecule has 2 aromatic carbocycles. The number of ether oxygens (including phenoxy) is 1. The molecule has 2 aliphatic rings. The number of hydrogen-bond donors (Lipinski definition) is 1. The van der Waals surface area contributed by atoms with Crippen molar-refractivity contribution in [3.63, 3.8) is 0 Å². The van der Waals surface area contributed by atoms with Crippen LogP contribution in [0.2, 0.25) is 0 Å². The molecule has 2 unspecified atom stereocenters. The van der Waals surface area contributed by atoms with Crippen LogP contribution in [0.4, 0.5) is 26.1 Å². The van der Waals surface area contributed by atoms with Crippen LogP contribution in [0, 0.1) is 24.5 Å². The van der Waals surface area contributed by atoms with Crippen LogP contribution < -0.4 is 10.2 Å². The van der Waals surface area contributed by atoms with Crippen LogP contribution in [0.5, 0.6) is 0 Å². The van der Waals surface area contributed by atoms with E-state index in [1.54, 1.807) is 0 Å². The Bertz CT molecular complexity index is 1110. The van der Waals surface area contributed by atoms with Crippen molar-refractivity contribution >= 4 is 17.3 Å². The highest BCUT2D eigenvalue weighted by molar-refractivity contribution is 5.64. The number of halogens is 2. The topological polar surface area (TPSA) is 58.5 Å². The third-order valence-corrected chi connectivity index (χ3v) is 6.37. The Morgan fingerprint density at radius 2 is 1.73 bits per heavy atom. The van der Waals surface area contributed by atoms with Crippen molar-refractivity contribution in [2.75, 3.05) is 49.6 Å². The zero-order valence-electron chi connectivity index (χ0n) is 18.8. The van der Waals surface area contributed by atoms with Gasteiger partial charge in [0.15, 0.2) is 0 Å². The molecule has 9 heteroatoms. The third kappa shape index (κ3) is 4.84. The number of nitrogens with zero attached hydrogens (tertiary/aromatic N) is 5. The van der Waals surface area contributed by atoms with E-state index >= 15 is 0 Å². The van der Waals surface area contributed by atoms with Gasteiger partial charge in [0, 0.05) is 49.7 Å². The van der Waals surface area contributed by atoms with Crippen molar-refractivity contribution in [3.8, 4) is 5.69 Å². The lowest BCUT2D eigenvalue weighted by atomic mass is 10.0. The maximum atomic E-state index is 13.5. The summed E-state index contributed by atoms with van der Waals surface area (Å²) in [6.45, 7) is 9.98. The van der Waals surface area contributed by atoms with E-state index in [1.165, 1.54) is 23.1 Å². The summed E-state index contributed by atoms with van der Waals surface area (Å²) >= 11 is 0. The second kappa shape index (κ2) is 9.07. The fraction of sp³-hybridized carbons (Fsp3) is 0.417. The first-order valence-electron chi connectivity index (χ1n) is 11.3. The van der Waals surface area contributed by atoms with Gasteiger partial charge < -0.3 is 15.0 Å². The molecule has 2 aliphatic heterocycles. The van der Waals surface area contributed by atoms with Gasteiger partial charge in [-0.2, -0.15) is 4.98 Å².